The Labute approximate surface area is 139 Å². The molecule has 0 bridgehead atoms. The minimum Gasteiger partial charge on any atom is -0.464 e. The van der Waals surface area contributed by atoms with Crippen molar-refractivity contribution in [2.24, 2.45) is 0 Å². The number of nitrogens with one attached hydrogen (secondary N) is 2. The Bertz CT molecular complexity index is 622. The molecule has 0 aliphatic rings. The predicted molar refractivity (Wildman–Crippen MR) is 79.4 cm³/mol. The normalized spacial score (nSPS) is 9.96. The molecule has 1 rings (SSSR count). The van der Waals surface area contributed by atoms with E-state index in [2.05, 4.69) is 15.4 Å². The summed E-state index contributed by atoms with van der Waals surface area (Å²) < 4.78 is 40.4. The lowest BCUT2D eigenvalue weighted by molar-refractivity contribution is -0.142. The van der Waals surface area contributed by atoms with Gasteiger partial charge in [-0.3, -0.25) is 4.79 Å². The van der Waals surface area contributed by atoms with E-state index in [1.54, 1.807) is 0 Å². The minimum absolute atomic E-state index is 0.200. The number of esters is 1. The number of halogens is 5. The summed E-state index contributed by atoms with van der Waals surface area (Å²) >= 11 is 11.5. The molecule has 0 heterocycles. The zero-order valence-corrected chi connectivity index (χ0v) is 13.0. The molecule has 23 heavy (non-hydrogen) atoms. The van der Waals surface area contributed by atoms with Crippen LogP contribution in [-0.4, -0.2) is 25.2 Å². The van der Waals surface area contributed by atoms with Gasteiger partial charge in [-0.15, -0.1) is 0 Å². The van der Waals surface area contributed by atoms with Gasteiger partial charge in [0.25, 0.3) is 0 Å². The Hall–Kier alpha value is -1.93. The quantitative estimate of drug-likeness (QED) is 0.739. The Balaban J connectivity index is 2.33. The molecule has 5 nitrogen and oxygen atoms in total. The molecule has 0 radical (unpaired) electrons. The van der Waals surface area contributed by atoms with Crippen LogP contribution in [0, 0.1) is 0 Å². The van der Waals surface area contributed by atoms with Gasteiger partial charge >= 0.3 is 18.1 Å². The van der Waals surface area contributed by atoms with E-state index in [4.69, 9.17) is 23.2 Å². The summed E-state index contributed by atoms with van der Waals surface area (Å²) in [5.74, 6) is -2.56. The van der Waals surface area contributed by atoms with Crippen LogP contribution >= 0.6 is 23.2 Å². The number of carbonyl (C=O) groups is 2. The van der Waals surface area contributed by atoms with E-state index in [9.17, 15) is 22.8 Å². The monoisotopic (exact) mass is 370 g/mol. The summed E-state index contributed by atoms with van der Waals surface area (Å²) in [7, 11) is 0. The van der Waals surface area contributed by atoms with Crippen molar-refractivity contribution in [1.29, 1.82) is 0 Å². The molecular weight excluding hydrogens is 360 g/mol. The smallest absolute Gasteiger partial charge is 0.325 e. The molecule has 2 amide bonds. The second-order valence-electron chi connectivity index (χ2n) is 4.07. The number of benzene rings is 1. The van der Waals surface area contributed by atoms with Crippen LogP contribution in [-0.2, 0) is 9.53 Å². The molecule has 1 aromatic carbocycles. The summed E-state index contributed by atoms with van der Waals surface area (Å²) in [5.41, 5.74) is 0.271. The van der Waals surface area contributed by atoms with Crippen molar-refractivity contribution in [3.05, 3.63) is 40.2 Å². The summed E-state index contributed by atoms with van der Waals surface area (Å²) in [5, 5.41) is 5.12. The standard InChI is InChI=1S/C13H11Cl2F3N2O3/c14-7-1-2-10(8(15)5-7)20-13(22)19-6-11(21)23-4-3-9(16)12(17)18/h1-2,5H,3-4,6H2,(H2,19,20,22). The number of hydrogen-bond donors (Lipinski definition) is 2. The van der Waals surface area contributed by atoms with Crippen molar-refractivity contribution in [2.45, 2.75) is 6.42 Å². The maximum atomic E-state index is 12.4. The molecular formula is C13H11Cl2F3N2O3. The fraction of sp³-hybridized carbons (Fsp3) is 0.231. The Morgan fingerprint density at radius 3 is 2.48 bits per heavy atom. The third-order valence-electron chi connectivity index (χ3n) is 2.36. The second-order valence-corrected chi connectivity index (χ2v) is 4.91. The first-order valence-electron chi connectivity index (χ1n) is 6.14. The lowest BCUT2D eigenvalue weighted by atomic mass is 10.3. The maximum absolute atomic E-state index is 12.4. The van der Waals surface area contributed by atoms with Crippen LogP contribution in [0.25, 0.3) is 0 Å². The van der Waals surface area contributed by atoms with Gasteiger partial charge in [-0.05, 0) is 18.2 Å². The number of ether oxygens (including phenoxy) is 1. The van der Waals surface area contributed by atoms with Crippen molar-refractivity contribution < 1.29 is 27.5 Å². The van der Waals surface area contributed by atoms with Crippen LogP contribution < -0.4 is 10.6 Å². The van der Waals surface area contributed by atoms with Gasteiger partial charge in [-0.25, -0.2) is 9.18 Å². The highest BCUT2D eigenvalue weighted by molar-refractivity contribution is 6.36. The molecule has 126 valence electrons. The van der Waals surface area contributed by atoms with E-state index < -0.39 is 43.5 Å². The van der Waals surface area contributed by atoms with Crippen molar-refractivity contribution >= 4 is 40.9 Å². The number of hydrogen-bond acceptors (Lipinski definition) is 3. The Morgan fingerprint density at radius 1 is 1.17 bits per heavy atom. The van der Waals surface area contributed by atoms with Crippen LogP contribution in [0.4, 0.5) is 23.7 Å². The van der Waals surface area contributed by atoms with E-state index in [1.807, 2.05) is 0 Å². The van der Waals surface area contributed by atoms with E-state index in [1.165, 1.54) is 18.2 Å². The third kappa shape index (κ3) is 7.25. The molecule has 2 N–H and O–H groups in total. The number of urea groups is 1. The average Bonchev–Trinajstić information content (AvgIpc) is 2.47. The molecule has 10 heteroatoms. The predicted octanol–water partition coefficient (Wildman–Crippen LogP) is 4.13. The lowest BCUT2D eigenvalue weighted by Crippen LogP contribution is -2.34. The Kier molecular flexibility index (Phi) is 7.70. The zero-order valence-electron chi connectivity index (χ0n) is 11.5. The van der Waals surface area contributed by atoms with E-state index in [0.717, 1.165) is 0 Å². The summed E-state index contributed by atoms with van der Waals surface area (Å²) in [6.07, 6.45) is -3.20. The topological polar surface area (TPSA) is 67.4 Å². The molecule has 0 saturated heterocycles. The number of amides is 2. The highest BCUT2D eigenvalue weighted by Gasteiger charge is 2.10. The first-order valence-corrected chi connectivity index (χ1v) is 6.90. The summed E-state index contributed by atoms with van der Waals surface area (Å²) in [4.78, 5) is 22.8. The third-order valence-corrected chi connectivity index (χ3v) is 2.91. The van der Waals surface area contributed by atoms with Gasteiger partial charge < -0.3 is 15.4 Å². The van der Waals surface area contributed by atoms with Gasteiger partial charge in [-0.1, -0.05) is 23.2 Å². The van der Waals surface area contributed by atoms with Crippen LogP contribution in [0.15, 0.2) is 30.1 Å². The largest absolute Gasteiger partial charge is 0.464 e. The van der Waals surface area contributed by atoms with E-state index in [0.29, 0.717) is 5.02 Å². The van der Waals surface area contributed by atoms with Crippen molar-refractivity contribution in [3.8, 4) is 0 Å². The van der Waals surface area contributed by atoms with Crippen molar-refractivity contribution in [3.63, 3.8) is 0 Å². The van der Waals surface area contributed by atoms with Gasteiger partial charge in [0, 0.05) is 11.4 Å². The molecule has 1 aromatic rings. The molecule has 0 aliphatic heterocycles. The van der Waals surface area contributed by atoms with Gasteiger partial charge in [0.15, 0.2) is 5.83 Å². The van der Waals surface area contributed by atoms with Gasteiger partial charge in [0.2, 0.25) is 0 Å². The molecule has 0 spiro atoms. The SMILES string of the molecule is O=C(NCC(=O)OCCC(F)=C(F)F)Nc1ccc(Cl)cc1Cl. The van der Waals surface area contributed by atoms with Crippen LogP contribution in [0.3, 0.4) is 0 Å². The maximum Gasteiger partial charge on any atom is 0.325 e. The van der Waals surface area contributed by atoms with Crippen LogP contribution in [0.2, 0.25) is 10.0 Å². The first-order chi connectivity index (χ1) is 10.8. The average molecular weight is 371 g/mol. The highest BCUT2D eigenvalue weighted by Crippen LogP contribution is 2.25. The number of carbonyl (C=O) groups excluding carboxylic acids is 2. The van der Waals surface area contributed by atoms with Crippen LogP contribution in [0.5, 0.6) is 0 Å². The Morgan fingerprint density at radius 2 is 1.87 bits per heavy atom. The van der Waals surface area contributed by atoms with Gasteiger partial charge in [-0.2, -0.15) is 8.78 Å². The van der Waals surface area contributed by atoms with Crippen molar-refractivity contribution in [1.82, 2.24) is 5.32 Å². The summed E-state index contributed by atoms with van der Waals surface area (Å²) in [6.45, 7) is -1.09. The molecule has 0 atom stereocenters. The van der Waals surface area contributed by atoms with E-state index in [-0.39, 0.29) is 10.7 Å². The fourth-order valence-electron chi connectivity index (χ4n) is 1.31. The molecule has 0 unspecified atom stereocenters. The number of anilines is 1. The minimum atomic E-state index is -2.46. The highest BCUT2D eigenvalue weighted by atomic mass is 35.5. The van der Waals surface area contributed by atoms with E-state index >= 15 is 0 Å². The first kappa shape index (κ1) is 19.1. The summed E-state index contributed by atoms with van der Waals surface area (Å²) in [6, 6.07) is 3.64. The second kappa shape index (κ2) is 9.26. The fourth-order valence-corrected chi connectivity index (χ4v) is 1.77. The molecule has 0 fully saturated rings. The van der Waals surface area contributed by atoms with Crippen LogP contribution in [0.1, 0.15) is 6.42 Å². The van der Waals surface area contributed by atoms with Gasteiger partial charge in [0.05, 0.1) is 17.3 Å². The molecule has 0 aliphatic carbocycles. The lowest BCUT2D eigenvalue weighted by Gasteiger charge is -2.09. The zero-order chi connectivity index (χ0) is 17.4. The van der Waals surface area contributed by atoms with Crippen molar-refractivity contribution in [2.75, 3.05) is 18.5 Å². The molecule has 0 aromatic heterocycles. The molecule has 0 saturated carbocycles. The van der Waals surface area contributed by atoms with Gasteiger partial charge in [0.1, 0.15) is 6.54 Å². The number of rotatable bonds is 6.